The van der Waals surface area contributed by atoms with Crippen LogP contribution in [0.15, 0.2) is 0 Å². The lowest BCUT2D eigenvalue weighted by Crippen LogP contribution is -2.33. The summed E-state index contributed by atoms with van der Waals surface area (Å²) in [5.41, 5.74) is -0.450. The zero-order chi connectivity index (χ0) is 10.3. The summed E-state index contributed by atoms with van der Waals surface area (Å²) >= 11 is 0. The van der Waals surface area contributed by atoms with Gasteiger partial charge >= 0.3 is 6.09 Å². The first-order chi connectivity index (χ1) is 5.95. The second kappa shape index (κ2) is 5.77. The highest BCUT2D eigenvalue weighted by Crippen LogP contribution is 2.06. The quantitative estimate of drug-likeness (QED) is 0.507. The second-order valence-electron chi connectivity index (χ2n) is 3.65. The van der Waals surface area contributed by atoms with Crippen molar-refractivity contribution in [1.82, 2.24) is 5.32 Å². The van der Waals surface area contributed by atoms with E-state index < -0.39 is 11.7 Å². The second-order valence-corrected chi connectivity index (χ2v) is 3.65. The van der Waals surface area contributed by atoms with Gasteiger partial charge in [0.05, 0.1) is 6.61 Å². The summed E-state index contributed by atoms with van der Waals surface area (Å²) in [7, 11) is 0. The van der Waals surface area contributed by atoms with Crippen LogP contribution < -0.4 is 11.2 Å². The average molecular weight is 190 g/mol. The van der Waals surface area contributed by atoms with Gasteiger partial charge in [0.25, 0.3) is 0 Å². The zero-order valence-electron chi connectivity index (χ0n) is 8.42. The molecule has 5 heteroatoms. The van der Waals surface area contributed by atoms with Crippen molar-refractivity contribution in [3.63, 3.8) is 0 Å². The number of rotatable bonds is 4. The monoisotopic (exact) mass is 190 g/mol. The number of nitrogens with two attached hydrogens (primary N) is 1. The van der Waals surface area contributed by atoms with Crippen molar-refractivity contribution >= 4 is 6.09 Å². The van der Waals surface area contributed by atoms with E-state index in [0.29, 0.717) is 19.6 Å². The fourth-order valence-corrected chi connectivity index (χ4v) is 0.660. The highest BCUT2D eigenvalue weighted by Gasteiger charge is 2.15. The maximum Gasteiger partial charge on any atom is 0.407 e. The number of hydrogen-bond donors (Lipinski definition) is 2. The van der Waals surface area contributed by atoms with E-state index in [1.165, 1.54) is 0 Å². The van der Waals surface area contributed by atoms with E-state index in [2.05, 4.69) is 10.2 Å². The third-order valence-corrected chi connectivity index (χ3v) is 1.11. The number of carbonyl (C=O) groups excluding carboxylic acids is 1. The lowest BCUT2D eigenvalue weighted by molar-refractivity contribution is 0.0519. The Morgan fingerprint density at radius 1 is 1.46 bits per heavy atom. The van der Waals surface area contributed by atoms with Gasteiger partial charge in [-0.3, -0.25) is 0 Å². The molecular formula is C8H18N2O3. The summed E-state index contributed by atoms with van der Waals surface area (Å²) in [6.07, 6.45) is 0.264. The number of hydrogen-bond acceptors (Lipinski definition) is 4. The number of alkyl carbamates (subject to hydrolysis) is 1. The molecule has 1 amide bonds. The Bertz CT molecular complexity index is 154. The Morgan fingerprint density at radius 3 is 2.54 bits per heavy atom. The SMILES string of the molecule is CC(C)(C)OC(=O)NCCCON. The molecule has 0 aromatic carbocycles. The van der Waals surface area contributed by atoms with Crippen LogP contribution in [0.3, 0.4) is 0 Å². The van der Waals surface area contributed by atoms with Crippen molar-refractivity contribution in [3.8, 4) is 0 Å². The number of ether oxygens (including phenoxy) is 1. The van der Waals surface area contributed by atoms with Crippen LogP contribution in [0.4, 0.5) is 4.79 Å². The summed E-state index contributed by atoms with van der Waals surface area (Å²) in [6.45, 7) is 6.38. The van der Waals surface area contributed by atoms with E-state index in [4.69, 9.17) is 10.6 Å². The van der Waals surface area contributed by atoms with E-state index in [0.717, 1.165) is 0 Å². The van der Waals surface area contributed by atoms with Gasteiger partial charge in [0.15, 0.2) is 0 Å². The van der Waals surface area contributed by atoms with E-state index in [1.807, 2.05) is 20.8 Å². The van der Waals surface area contributed by atoms with Gasteiger partial charge in [-0.25, -0.2) is 10.7 Å². The topological polar surface area (TPSA) is 73.6 Å². The van der Waals surface area contributed by atoms with E-state index in [9.17, 15) is 4.79 Å². The van der Waals surface area contributed by atoms with Crippen molar-refractivity contribution in [2.75, 3.05) is 13.2 Å². The molecular weight excluding hydrogens is 172 g/mol. The van der Waals surface area contributed by atoms with Gasteiger partial charge in [-0.15, -0.1) is 0 Å². The number of nitrogens with one attached hydrogen (secondary N) is 1. The summed E-state index contributed by atoms with van der Waals surface area (Å²) in [4.78, 5) is 15.3. The molecule has 0 aromatic heterocycles. The Labute approximate surface area is 78.5 Å². The lowest BCUT2D eigenvalue weighted by Gasteiger charge is -2.19. The Kier molecular flexibility index (Phi) is 5.41. The summed E-state index contributed by atoms with van der Waals surface area (Å²) < 4.78 is 5.00. The molecule has 0 fully saturated rings. The molecule has 0 aliphatic heterocycles. The van der Waals surface area contributed by atoms with Crippen LogP contribution in [0.2, 0.25) is 0 Å². The van der Waals surface area contributed by atoms with Crippen LogP contribution in [-0.2, 0) is 9.57 Å². The van der Waals surface area contributed by atoms with E-state index in [1.54, 1.807) is 0 Å². The molecule has 0 unspecified atom stereocenters. The maximum atomic E-state index is 11.0. The normalized spacial score (nSPS) is 11.1. The molecule has 78 valence electrons. The molecule has 0 bridgehead atoms. The fraction of sp³-hybridized carbons (Fsp3) is 0.875. The van der Waals surface area contributed by atoms with Gasteiger partial charge in [-0.05, 0) is 27.2 Å². The van der Waals surface area contributed by atoms with Crippen LogP contribution in [0.1, 0.15) is 27.2 Å². The molecule has 0 aromatic rings. The van der Waals surface area contributed by atoms with Crippen LogP contribution in [0, 0.1) is 0 Å². The number of carbonyl (C=O) groups is 1. The van der Waals surface area contributed by atoms with Crippen molar-refractivity contribution in [1.29, 1.82) is 0 Å². The fourth-order valence-electron chi connectivity index (χ4n) is 0.660. The molecule has 0 aliphatic carbocycles. The Balaban J connectivity index is 3.41. The Hall–Kier alpha value is -0.810. The predicted octanol–water partition coefficient (Wildman–Crippen LogP) is 0.792. The van der Waals surface area contributed by atoms with Gasteiger partial charge in [0, 0.05) is 6.54 Å². The lowest BCUT2D eigenvalue weighted by atomic mass is 10.2. The van der Waals surface area contributed by atoms with Crippen LogP contribution >= 0.6 is 0 Å². The molecule has 0 saturated carbocycles. The average Bonchev–Trinajstić information content (AvgIpc) is 1.94. The van der Waals surface area contributed by atoms with Crippen molar-refractivity contribution in [2.24, 2.45) is 5.90 Å². The molecule has 3 N–H and O–H groups in total. The van der Waals surface area contributed by atoms with Crippen molar-refractivity contribution in [2.45, 2.75) is 32.8 Å². The summed E-state index contributed by atoms with van der Waals surface area (Å²) in [5, 5.41) is 2.58. The molecule has 0 saturated heterocycles. The van der Waals surface area contributed by atoms with Crippen LogP contribution in [-0.4, -0.2) is 24.8 Å². The first kappa shape index (κ1) is 12.2. The molecule has 0 atom stereocenters. The number of amides is 1. The highest BCUT2D eigenvalue weighted by molar-refractivity contribution is 5.67. The molecule has 0 aliphatic rings. The summed E-state index contributed by atoms with van der Waals surface area (Å²) in [6, 6.07) is 0. The van der Waals surface area contributed by atoms with Crippen LogP contribution in [0.5, 0.6) is 0 Å². The van der Waals surface area contributed by atoms with Crippen molar-refractivity contribution < 1.29 is 14.4 Å². The van der Waals surface area contributed by atoms with Crippen LogP contribution in [0.25, 0.3) is 0 Å². The van der Waals surface area contributed by atoms with Gasteiger partial charge in [-0.1, -0.05) is 0 Å². The van der Waals surface area contributed by atoms with Gasteiger partial charge < -0.3 is 14.9 Å². The minimum atomic E-state index is -0.450. The van der Waals surface area contributed by atoms with Gasteiger partial charge in [-0.2, -0.15) is 0 Å². The van der Waals surface area contributed by atoms with Crippen molar-refractivity contribution in [3.05, 3.63) is 0 Å². The minimum Gasteiger partial charge on any atom is -0.444 e. The minimum absolute atomic E-state index is 0.412. The maximum absolute atomic E-state index is 11.0. The zero-order valence-corrected chi connectivity index (χ0v) is 8.42. The standard InChI is InChI=1S/C8H18N2O3/c1-8(2,3)13-7(11)10-5-4-6-12-9/h4-6,9H2,1-3H3,(H,10,11). The predicted molar refractivity (Wildman–Crippen MR) is 49.0 cm³/mol. The van der Waals surface area contributed by atoms with Gasteiger partial charge in [0.1, 0.15) is 5.60 Å². The molecule has 0 heterocycles. The molecule has 0 rings (SSSR count). The highest BCUT2D eigenvalue weighted by atomic mass is 16.6. The van der Waals surface area contributed by atoms with Gasteiger partial charge in [0.2, 0.25) is 0 Å². The molecule has 13 heavy (non-hydrogen) atoms. The molecule has 0 spiro atoms. The smallest absolute Gasteiger partial charge is 0.407 e. The largest absolute Gasteiger partial charge is 0.444 e. The summed E-state index contributed by atoms with van der Waals surface area (Å²) in [5.74, 6) is 4.80. The third-order valence-electron chi connectivity index (χ3n) is 1.11. The molecule has 5 nitrogen and oxygen atoms in total. The van der Waals surface area contributed by atoms with E-state index >= 15 is 0 Å². The molecule has 0 radical (unpaired) electrons. The third kappa shape index (κ3) is 9.10. The Morgan fingerprint density at radius 2 is 2.08 bits per heavy atom. The first-order valence-electron chi connectivity index (χ1n) is 4.24. The van der Waals surface area contributed by atoms with E-state index in [-0.39, 0.29) is 0 Å². The first-order valence-corrected chi connectivity index (χ1v) is 4.24.